The summed E-state index contributed by atoms with van der Waals surface area (Å²) in [6.07, 6.45) is 0. The molecule has 1 unspecified atom stereocenters. The third-order valence-corrected chi connectivity index (χ3v) is 6.24. The van der Waals surface area contributed by atoms with Gasteiger partial charge in [-0.25, -0.2) is 0 Å². The summed E-state index contributed by atoms with van der Waals surface area (Å²) in [5.41, 5.74) is 2.44. The highest BCUT2D eigenvalue weighted by Gasteiger charge is 2.37. The van der Waals surface area contributed by atoms with Crippen LogP contribution in [0.3, 0.4) is 0 Å². The number of hydrogen-bond donors (Lipinski definition) is 1. The van der Waals surface area contributed by atoms with E-state index in [2.05, 4.69) is 46.9 Å². The molecule has 0 aliphatic carbocycles. The fourth-order valence-electron chi connectivity index (χ4n) is 3.66. The Bertz CT molecular complexity index is 1030. The van der Waals surface area contributed by atoms with E-state index < -0.39 is 9.46 Å². The van der Waals surface area contributed by atoms with E-state index in [-0.39, 0.29) is 5.97 Å². The van der Waals surface area contributed by atoms with Gasteiger partial charge in [-0.15, -0.1) is 0 Å². The van der Waals surface area contributed by atoms with E-state index >= 15 is 0 Å². The first-order valence-electron chi connectivity index (χ1n) is 9.78. The first-order chi connectivity index (χ1) is 15.1. The van der Waals surface area contributed by atoms with Crippen LogP contribution in [0.1, 0.15) is 26.4 Å². The molecule has 0 aliphatic rings. The number of alkyl halides is 1. The molecule has 0 radical (unpaired) electrons. The van der Waals surface area contributed by atoms with Crippen molar-refractivity contribution < 1.29 is 14.1 Å². The molecule has 0 amide bonds. The van der Waals surface area contributed by atoms with Crippen LogP contribution in [0.4, 0.5) is 5.82 Å². The van der Waals surface area contributed by atoms with E-state index in [1.54, 1.807) is 6.07 Å². The Morgan fingerprint density at radius 1 is 0.903 bits per heavy atom. The van der Waals surface area contributed by atoms with Gasteiger partial charge in [-0.1, -0.05) is 119 Å². The number of anilines is 1. The van der Waals surface area contributed by atoms with Crippen molar-refractivity contribution in [3.63, 3.8) is 0 Å². The van der Waals surface area contributed by atoms with Crippen LogP contribution in [0.25, 0.3) is 0 Å². The number of esters is 1. The molecule has 1 heterocycles. The zero-order valence-corrected chi connectivity index (χ0v) is 19.0. The van der Waals surface area contributed by atoms with Gasteiger partial charge >= 0.3 is 5.97 Å². The van der Waals surface area contributed by atoms with Crippen molar-refractivity contribution in [3.05, 3.63) is 120 Å². The fourth-order valence-corrected chi connectivity index (χ4v) is 4.21. The zero-order chi connectivity index (χ0) is 21.7. The van der Waals surface area contributed by atoms with Crippen LogP contribution >= 0.6 is 22.6 Å². The second-order valence-corrected chi connectivity index (χ2v) is 8.22. The van der Waals surface area contributed by atoms with Gasteiger partial charge in [0.05, 0.1) is 7.11 Å². The summed E-state index contributed by atoms with van der Waals surface area (Å²) in [6, 6.07) is 32.4. The van der Waals surface area contributed by atoms with Crippen LogP contribution in [0, 0.1) is 0 Å². The summed E-state index contributed by atoms with van der Waals surface area (Å²) in [5, 5.41) is 7.83. The number of carbonyl (C=O) groups is 1. The highest BCUT2D eigenvalue weighted by atomic mass is 127. The average Bonchev–Trinajstić information content (AvgIpc) is 3.31. The molecule has 0 bridgehead atoms. The van der Waals surface area contributed by atoms with Crippen LogP contribution in [0.5, 0.6) is 0 Å². The number of ether oxygens (including phenoxy) is 1. The van der Waals surface area contributed by atoms with Crippen molar-refractivity contribution in [2.75, 3.05) is 12.4 Å². The third-order valence-electron chi connectivity index (χ3n) is 5.12. The van der Waals surface area contributed by atoms with Gasteiger partial charge in [-0.2, -0.15) is 0 Å². The summed E-state index contributed by atoms with van der Waals surface area (Å²) < 4.78 is 9.73. The minimum absolute atomic E-state index is 0.385. The summed E-state index contributed by atoms with van der Waals surface area (Å²) in [6.45, 7) is 0. The molecule has 31 heavy (non-hydrogen) atoms. The second kappa shape index (κ2) is 9.34. The molecule has 1 aromatic heterocycles. The SMILES string of the molecule is COC(=O)C(I)c1cc(NC(c2ccccc2)(c2ccccc2)c2ccccc2)no1. The van der Waals surface area contributed by atoms with Gasteiger partial charge in [0, 0.05) is 6.07 Å². The van der Waals surface area contributed by atoms with Crippen molar-refractivity contribution in [1.82, 2.24) is 5.16 Å². The molecule has 0 fully saturated rings. The number of nitrogens with one attached hydrogen (secondary N) is 1. The molecule has 1 N–H and O–H groups in total. The molecule has 4 aromatic rings. The average molecular weight is 524 g/mol. The molecule has 0 aliphatic heterocycles. The fraction of sp³-hybridized carbons (Fsp3) is 0.120. The van der Waals surface area contributed by atoms with Crippen molar-refractivity contribution >= 4 is 34.4 Å². The van der Waals surface area contributed by atoms with Gasteiger partial charge in [-0.05, 0) is 16.7 Å². The number of methoxy groups -OCH3 is 1. The normalized spacial score (nSPS) is 12.2. The summed E-state index contributed by atoms with van der Waals surface area (Å²) in [7, 11) is 1.36. The summed E-state index contributed by atoms with van der Waals surface area (Å²) >= 11 is 1.98. The monoisotopic (exact) mass is 524 g/mol. The molecule has 3 aromatic carbocycles. The Hall–Kier alpha value is -3.13. The van der Waals surface area contributed by atoms with E-state index in [1.807, 2.05) is 77.2 Å². The highest BCUT2D eigenvalue weighted by molar-refractivity contribution is 14.1. The van der Waals surface area contributed by atoms with Crippen LogP contribution in [-0.4, -0.2) is 18.2 Å². The Morgan fingerprint density at radius 2 is 1.35 bits per heavy atom. The third kappa shape index (κ3) is 4.20. The van der Waals surface area contributed by atoms with Gasteiger partial charge in [0.1, 0.15) is 5.54 Å². The molecule has 1 atom stereocenters. The van der Waals surface area contributed by atoms with Gasteiger partial charge in [0.15, 0.2) is 15.5 Å². The molecule has 0 spiro atoms. The van der Waals surface area contributed by atoms with Crippen molar-refractivity contribution in [2.24, 2.45) is 0 Å². The van der Waals surface area contributed by atoms with Crippen LogP contribution in [0.15, 0.2) is 102 Å². The van der Waals surface area contributed by atoms with E-state index in [0.717, 1.165) is 16.7 Å². The smallest absolute Gasteiger partial charge is 0.326 e. The van der Waals surface area contributed by atoms with Crippen molar-refractivity contribution in [3.8, 4) is 0 Å². The molecule has 4 rings (SSSR count). The molecule has 5 nitrogen and oxygen atoms in total. The Kier molecular flexibility index (Phi) is 6.36. The number of nitrogens with zero attached hydrogens (tertiary/aromatic N) is 1. The van der Waals surface area contributed by atoms with Crippen LogP contribution in [-0.2, 0) is 15.1 Å². The Labute approximate surface area is 194 Å². The van der Waals surface area contributed by atoms with Gasteiger partial charge in [-0.3, -0.25) is 4.79 Å². The highest BCUT2D eigenvalue weighted by Crippen LogP contribution is 2.40. The number of halogens is 1. The van der Waals surface area contributed by atoms with Gasteiger partial charge < -0.3 is 14.6 Å². The zero-order valence-electron chi connectivity index (χ0n) is 16.9. The number of benzene rings is 3. The molecule has 0 saturated carbocycles. The van der Waals surface area contributed by atoms with Crippen LogP contribution in [0.2, 0.25) is 0 Å². The topological polar surface area (TPSA) is 64.4 Å². The van der Waals surface area contributed by atoms with E-state index in [9.17, 15) is 4.79 Å². The summed E-state index contributed by atoms with van der Waals surface area (Å²) in [4.78, 5) is 11.9. The lowest BCUT2D eigenvalue weighted by Crippen LogP contribution is -2.38. The van der Waals surface area contributed by atoms with Crippen molar-refractivity contribution in [1.29, 1.82) is 0 Å². The number of rotatable bonds is 7. The van der Waals surface area contributed by atoms with Crippen molar-refractivity contribution in [2.45, 2.75) is 9.46 Å². The molecule has 6 heteroatoms. The maximum absolute atomic E-state index is 11.9. The van der Waals surface area contributed by atoms with Crippen LogP contribution < -0.4 is 5.32 Å². The van der Waals surface area contributed by atoms with E-state index in [4.69, 9.17) is 9.26 Å². The van der Waals surface area contributed by atoms with E-state index in [1.165, 1.54) is 7.11 Å². The minimum atomic E-state index is -0.718. The van der Waals surface area contributed by atoms with Gasteiger partial charge in [0.2, 0.25) is 0 Å². The molecule has 156 valence electrons. The lowest BCUT2D eigenvalue weighted by atomic mass is 9.77. The number of aromatic nitrogens is 1. The maximum atomic E-state index is 11.9. The number of hydrogen-bond acceptors (Lipinski definition) is 5. The Balaban J connectivity index is 1.87. The second-order valence-electron chi connectivity index (χ2n) is 6.97. The predicted molar refractivity (Wildman–Crippen MR) is 128 cm³/mol. The lowest BCUT2D eigenvalue weighted by molar-refractivity contribution is -0.140. The Morgan fingerprint density at radius 3 is 1.77 bits per heavy atom. The summed E-state index contributed by atoms with van der Waals surface area (Å²) in [5.74, 6) is 0.568. The standard InChI is InChI=1S/C25H21IN2O3/c1-30-24(29)23(26)21-17-22(28-31-21)27-25(18-11-5-2-6-12-18,19-13-7-3-8-14-19)20-15-9-4-10-16-20/h2-17,23H,1H3,(H,27,28). The molecule has 0 saturated heterocycles. The van der Waals surface area contributed by atoms with E-state index in [0.29, 0.717) is 11.6 Å². The number of carbonyl (C=O) groups excluding carboxylic acids is 1. The lowest BCUT2D eigenvalue weighted by Gasteiger charge is -2.36. The minimum Gasteiger partial charge on any atom is -0.468 e. The maximum Gasteiger partial charge on any atom is 0.326 e. The van der Waals surface area contributed by atoms with Gasteiger partial charge in [0.25, 0.3) is 0 Å². The largest absolute Gasteiger partial charge is 0.468 e. The first kappa shape index (κ1) is 21.1. The molecular weight excluding hydrogens is 503 g/mol. The first-order valence-corrected chi connectivity index (χ1v) is 11.0. The quantitative estimate of drug-likeness (QED) is 0.145. The molecular formula is C25H21IN2O3. The predicted octanol–water partition coefficient (Wildman–Crippen LogP) is 5.73.